The molecule has 6 aromatic carbocycles. The van der Waals surface area contributed by atoms with Crippen LogP contribution >= 0.6 is 0 Å². The Kier molecular flexibility index (Phi) is 12.4. The molecule has 2 heteroatoms. The van der Waals surface area contributed by atoms with E-state index in [2.05, 4.69) is 181 Å². The van der Waals surface area contributed by atoms with Crippen LogP contribution in [0, 0.1) is 11.8 Å². The Hall–Kier alpha value is -4.11. The zero-order valence-corrected chi connectivity index (χ0v) is 42.0. The first kappa shape index (κ1) is 41.3. The van der Waals surface area contributed by atoms with E-state index < -0.39 is 31.0 Å². The molecule has 0 N–H and O–H groups in total. The van der Waals surface area contributed by atoms with Crippen LogP contribution in [0.3, 0.4) is 0 Å². The number of rotatable bonds is 15. The van der Waals surface area contributed by atoms with Crippen molar-refractivity contribution >= 4 is 35.4 Å². The summed E-state index contributed by atoms with van der Waals surface area (Å²) >= 11 is -3.17. The Morgan fingerprint density at radius 1 is 0.483 bits per heavy atom. The van der Waals surface area contributed by atoms with E-state index in [1.807, 2.05) is 3.32 Å². The van der Waals surface area contributed by atoms with Gasteiger partial charge in [0.15, 0.2) is 0 Å². The van der Waals surface area contributed by atoms with Gasteiger partial charge in [-0.25, -0.2) is 0 Å². The first-order chi connectivity index (χ1) is 29.4. The van der Waals surface area contributed by atoms with Crippen molar-refractivity contribution in [3.05, 3.63) is 172 Å². The monoisotopic (exact) mass is 967 g/mol. The molecule has 303 valence electrons. The molecule has 0 aromatic heterocycles. The molecule has 1 aliphatic heterocycles. The van der Waals surface area contributed by atoms with E-state index in [1.165, 1.54) is 75.8 Å². The summed E-state index contributed by atoms with van der Waals surface area (Å²) in [6, 6.07) is 50.5. The molecule has 2 unspecified atom stereocenters. The fraction of sp³-hybridized carbons (Fsp3) is 0.310. The zero-order valence-electron chi connectivity index (χ0n) is 37.0. The van der Waals surface area contributed by atoms with Gasteiger partial charge in [0.1, 0.15) is 0 Å². The number of benzene rings is 6. The van der Waals surface area contributed by atoms with Gasteiger partial charge in [0, 0.05) is 0 Å². The number of hydrogen-bond acceptors (Lipinski definition) is 0. The molecular formula is C58H63HfSi. The maximum absolute atomic E-state index is 3.17. The van der Waals surface area contributed by atoms with Crippen LogP contribution in [0.15, 0.2) is 139 Å². The third kappa shape index (κ3) is 7.81. The van der Waals surface area contributed by atoms with Crippen molar-refractivity contribution in [1.29, 1.82) is 0 Å². The summed E-state index contributed by atoms with van der Waals surface area (Å²) in [6.07, 6.45) is 14.9. The Morgan fingerprint density at radius 2 is 0.933 bits per heavy atom. The van der Waals surface area contributed by atoms with Crippen LogP contribution in [-0.4, -0.2) is 9.52 Å². The second-order valence-electron chi connectivity index (χ2n) is 18.8. The number of allylic oxidation sites excluding steroid dienone is 2. The van der Waals surface area contributed by atoms with Crippen molar-refractivity contribution in [2.24, 2.45) is 11.8 Å². The Balaban J connectivity index is 1.30. The first-order valence-electron chi connectivity index (χ1n) is 23.3. The molecule has 0 radical (unpaired) electrons. The normalized spacial score (nSPS) is 16.5. The van der Waals surface area contributed by atoms with Crippen molar-refractivity contribution in [1.82, 2.24) is 0 Å². The molecule has 60 heavy (non-hydrogen) atoms. The van der Waals surface area contributed by atoms with Gasteiger partial charge in [-0.15, -0.1) is 0 Å². The average molecular weight is 967 g/mol. The van der Waals surface area contributed by atoms with Gasteiger partial charge in [-0.2, -0.15) is 0 Å². The van der Waals surface area contributed by atoms with Gasteiger partial charge in [0.2, 0.25) is 0 Å². The molecule has 0 saturated carbocycles. The van der Waals surface area contributed by atoms with E-state index >= 15 is 0 Å². The standard InChI is InChI=1S/2C23H27.C12H9Si.Hf/c2*1-4-5-9-19-10-6-7-12-21(19)22-13-8-11-20-15-18(14-17(2)3)16-23(20)22;1-3-7-11-9(5-1)10-6-2-4-8-12(10)13-11;/h2*6-8,10-13,15-17H,4-5,9,14H2,1-3H3;1-7H,13H2;. The van der Waals surface area contributed by atoms with Gasteiger partial charge < -0.3 is 0 Å². The SMILES string of the molecule is CCCCc1ccccc1-c1cccc2c1C=C(CC(C)C)[CH]2[Hf]([c]1cccc2c1[SiH2]c1ccccc1-2)[CH]1C(CC(C)C)=Cc2c(-c3ccccc3CCCC)cccc21. The molecule has 0 bridgehead atoms. The van der Waals surface area contributed by atoms with E-state index in [0.717, 1.165) is 25.7 Å². The minimum atomic E-state index is -3.17. The number of aryl methyl sites for hydroxylation is 2. The molecule has 0 fully saturated rings. The van der Waals surface area contributed by atoms with Gasteiger partial charge in [0.05, 0.1) is 0 Å². The molecule has 0 saturated heterocycles. The summed E-state index contributed by atoms with van der Waals surface area (Å²) in [5.74, 6) is 1.18. The molecule has 1 heterocycles. The summed E-state index contributed by atoms with van der Waals surface area (Å²) in [5, 5.41) is 3.41. The van der Waals surface area contributed by atoms with Crippen molar-refractivity contribution in [2.75, 3.05) is 0 Å². The summed E-state index contributed by atoms with van der Waals surface area (Å²) in [4.78, 5) is 0. The minimum absolute atomic E-state index is 0.492. The summed E-state index contributed by atoms with van der Waals surface area (Å²) in [7, 11) is -0.627. The molecule has 0 amide bonds. The van der Waals surface area contributed by atoms with E-state index in [9.17, 15) is 0 Å². The number of fused-ring (bicyclic) bond motifs is 5. The van der Waals surface area contributed by atoms with Crippen LogP contribution < -0.4 is 13.7 Å². The maximum atomic E-state index is 2.73. The molecule has 3 aliphatic rings. The third-order valence-electron chi connectivity index (χ3n) is 13.6. The number of hydrogen-bond donors (Lipinski definition) is 0. The van der Waals surface area contributed by atoms with Gasteiger partial charge in [0.25, 0.3) is 0 Å². The van der Waals surface area contributed by atoms with Gasteiger partial charge >= 0.3 is 374 Å². The quantitative estimate of drug-likeness (QED) is 0.0899. The summed E-state index contributed by atoms with van der Waals surface area (Å²) in [6.45, 7) is 14.4. The summed E-state index contributed by atoms with van der Waals surface area (Å²) < 4.78 is 2.81. The van der Waals surface area contributed by atoms with Crippen LogP contribution in [0.4, 0.5) is 0 Å². The van der Waals surface area contributed by atoms with Crippen LogP contribution in [-0.2, 0) is 34.3 Å². The predicted octanol–water partition coefficient (Wildman–Crippen LogP) is 13.4. The molecule has 0 nitrogen and oxygen atoms in total. The van der Waals surface area contributed by atoms with E-state index in [-0.39, 0.29) is 0 Å². The second kappa shape index (κ2) is 18.1. The topological polar surface area (TPSA) is 0 Å². The number of unbranched alkanes of at least 4 members (excludes halogenated alkanes) is 2. The van der Waals surface area contributed by atoms with E-state index in [0.29, 0.717) is 19.2 Å². The van der Waals surface area contributed by atoms with Gasteiger partial charge in [-0.05, 0) is 0 Å². The van der Waals surface area contributed by atoms with Crippen LogP contribution in [0.2, 0.25) is 0 Å². The van der Waals surface area contributed by atoms with Crippen molar-refractivity contribution in [3.8, 4) is 33.4 Å². The average Bonchev–Trinajstić information content (AvgIpc) is 3.94. The van der Waals surface area contributed by atoms with Crippen LogP contribution in [0.25, 0.3) is 45.5 Å². The summed E-state index contributed by atoms with van der Waals surface area (Å²) in [5.41, 5.74) is 21.6. The van der Waals surface area contributed by atoms with Crippen molar-refractivity contribution in [3.63, 3.8) is 0 Å². The Bertz CT molecular complexity index is 2450. The first-order valence-corrected chi connectivity index (χ1v) is 30.6. The van der Waals surface area contributed by atoms with Crippen LogP contribution in [0.1, 0.15) is 121 Å². The van der Waals surface area contributed by atoms with E-state index in [1.54, 1.807) is 38.2 Å². The second-order valence-corrected chi connectivity index (χ2v) is 29.9. The molecular weight excluding hydrogens is 903 g/mol. The molecule has 6 aromatic rings. The zero-order chi connectivity index (χ0) is 41.3. The Labute approximate surface area is 371 Å². The molecule has 2 atom stereocenters. The Morgan fingerprint density at radius 3 is 1.45 bits per heavy atom. The predicted molar refractivity (Wildman–Crippen MR) is 261 cm³/mol. The van der Waals surface area contributed by atoms with Crippen molar-refractivity contribution in [2.45, 2.75) is 100 Å². The van der Waals surface area contributed by atoms with Gasteiger partial charge in [-0.1, -0.05) is 0 Å². The molecule has 9 rings (SSSR count). The van der Waals surface area contributed by atoms with E-state index in [4.69, 9.17) is 0 Å². The van der Waals surface area contributed by atoms with Crippen molar-refractivity contribution < 1.29 is 21.4 Å². The fourth-order valence-electron chi connectivity index (χ4n) is 11.1. The van der Waals surface area contributed by atoms with Gasteiger partial charge in [-0.3, -0.25) is 0 Å². The fourth-order valence-corrected chi connectivity index (χ4v) is 30.4. The van der Waals surface area contributed by atoms with Crippen LogP contribution in [0.5, 0.6) is 0 Å². The third-order valence-corrected chi connectivity index (χ3v) is 30.3. The molecule has 2 aliphatic carbocycles. The molecule has 0 spiro atoms.